The summed E-state index contributed by atoms with van der Waals surface area (Å²) >= 11 is 6.30. The van der Waals surface area contributed by atoms with Gasteiger partial charge in [0.05, 0.1) is 35.7 Å². The molecule has 1 aromatic heterocycles. The van der Waals surface area contributed by atoms with Gasteiger partial charge in [0, 0.05) is 36.2 Å². The normalized spacial score (nSPS) is 13.3. The number of ether oxygens (including phenoxy) is 1. The van der Waals surface area contributed by atoms with E-state index in [1.807, 2.05) is 12.1 Å². The summed E-state index contributed by atoms with van der Waals surface area (Å²) in [6, 6.07) is 16.9. The van der Waals surface area contributed by atoms with Crippen molar-refractivity contribution in [2.45, 2.75) is 6.42 Å². The molecular weight excluding hydrogens is 428 g/mol. The number of morpholine rings is 1. The highest BCUT2D eigenvalue weighted by atomic mass is 35.5. The number of hydrogen-bond acceptors (Lipinski definition) is 7. The number of aromatic nitrogens is 2. The van der Waals surface area contributed by atoms with E-state index < -0.39 is 5.91 Å². The summed E-state index contributed by atoms with van der Waals surface area (Å²) in [5, 5.41) is 14.8. The van der Waals surface area contributed by atoms with Crippen LogP contribution in [0.5, 0.6) is 0 Å². The molecular formula is C23H21ClN6O2. The second-order valence-electron chi connectivity index (χ2n) is 7.11. The SMILES string of the molecule is N#CCC(=O)Nc1ccc(-c2ccnc(Nc3ccc(N4CCOCC4)cc3)n2)cc1Cl. The van der Waals surface area contributed by atoms with Crippen molar-refractivity contribution >= 4 is 40.5 Å². The van der Waals surface area contributed by atoms with Crippen LogP contribution in [0.25, 0.3) is 11.3 Å². The van der Waals surface area contributed by atoms with Crippen LogP contribution in [0.4, 0.5) is 23.0 Å². The van der Waals surface area contributed by atoms with Crippen LogP contribution in [-0.4, -0.2) is 42.2 Å². The van der Waals surface area contributed by atoms with E-state index in [-0.39, 0.29) is 6.42 Å². The van der Waals surface area contributed by atoms with Crippen LogP contribution in [-0.2, 0) is 9.53 Å². The lowest BCUT2D eigenvalue weighted by atomic mass is 10.1. The van der Waals surface area contributed by atoms with Crippen molar-refractivity contribution in [3.63, 3.8) is 0 Å². The molecule has 1 saturated heterocycles. The van der Waals surface area contributed by atoms with E-state index in [1.54, 1.807) is 36.5 Å². The molecule has 4 rings (SSSR count). The summed E-state index contributed by atoms with van der Waals surface area (Å²) in [7, 11) is 0. The molecule has 2 heterocycles. The first kappa shape index (κ1) is 21.6. The van der Waals surface area contributed by atoms with Gasteiger partial charge in [-0.2, -0.15) is 5.26 Å². The van der Waals surface area contributed by atoms with Gasteiger partial charge in [-0.15, -0.1) is 0 Å². The third kappa shape index (κ3) is 5.32. The van der Waals surface area contributed by atoms with Gasteiger partial charge >= 0.3 is 0 Å². The van der Waals surface area contributed by atoms with E-state index in [1.165, 1.54) is 0 Å². The highest BCUT2D eigenvalue weighted by Crippen LogP contribution is 2.29. The van der Waals surface area contributed by atoms with Crippen molar-refractivity contribution < 1.29 is 9.53 Å². The molecule has 1 aliphatic rings. The lowest BCUT2D eigenvalue weighted by Gasteiger charge is -2.28. The van der Waals surface area contributed by atoms with Crippen molar-refractivity contribution in [1.29, 1.82) is 5.26 Å². The van der Waals surface area contributed by atoms with Gasteiger partial charge in [-0.05, 0) is 42.5 Å². The Morgan fingerprint density at radius 2 is 1.94 bits per heavy atom. The van der Waals surface area contributed by atoms with Crippen LogP contribution >= 0.6 is 11.6 Å². The third-order valence-electron chi connectivity index (χ3n) is 4.93. The highest BCUT2D eigenvalue weighted by Gasteiger charge is 2.12. The number of anilines is 4. The van der Waals surface area contributed by atoms with Crippen molar-refractivity contribution in [2.24, 2.45) is 0 Å². The number of benzene rings is 2. The Morgan fingerprint density at radius 3 is 2.66 bits per heavy atom. The first-order valence-electron chi connectivity index (χ1n) is 10.1. The minimum atomic E-state index is -0.407. The number of hydrogen-bond donors (Lipinski definition) is 2. The number of nitrogens with one attached hydrogen (secondary N) is 2. The number of amides is 1. The number of nitriles is 1. The van der Waals surface area contributed by atoms with Crippen LogP contribution in [0.2, 0.25) is 5.02 Å². The lowest BCUT2D eigenvalue weighted by Crippen LogP contribution is -2.36. The fourth-order valence-electron chi connectivity index (χ4n) is 3.33. The smallest absolute Gasteiger partial charge is 0.238 e. The second-order valence-corrected chi connectivity index (χ2v) is 7.52. The molecule has 1 amide bonds. The van der Waals surface area contributed by atoms with E-state index in [2.05, 4.69) is 37.6 Å². The predicted molar refractivity (Wildman–Crippen MR) is 124 cm³/mol. The Hall–Kier alpha value is -3.67. The lowest BCUT2D eigenvalue weighted by molar-refractivity contribution is -0.115. The molecule has 3 aromatic rings. The predicted octanol–water partition coefficient (Wildman–Crippen LogP) is 4.23. The molecule has 162 valence electrons. The largest absolute Gasteiger partial charge is 0.378 e. The summed E-state index contributed by atoms with van der Waals surface area (Å²) in [5.74, 6) is 0.0551. The Morgan fingerprint density at radius 1 is 1.16 bits per heavy atom. The zero-order valence-corrected chi connectivity index (χ0v) is 18.0. The third-order valence-corrected chi connectivity index (χ3v) is 5.25. The Bertz CT molecular complexity index is 1140. The molecule has 0 radical (unpaired) electrons. The van der Waals surface area contributed by atoms with Crippen molar-refractivity contribution in [1.82, 2.24) is 9.97 Å². The zero-order chi connectivity index (χ0) is 22.3. The number of carbonyl (C=O) groups excluding carboxylic acids is 1. The molecule has 1 aliphatic heterocycles. The van der Waals surface area contributed by atoms with Gasteiger partial charge in [0.25, 0.3) is 0 Å². The fourth-order valence-corrected chi connectivity index (χ4v) is 3.56. The summed E-state index contributed by atoms with van der Waals surface area (Å²) in [4.78, 5) is 22.8. The maximum Gasteiger partial charge on any atom is 0.238 e. The van der Waals surface area contributed by atoms with Crippen LogP contribution in [0.15, 0.2) is 54.7 Å². The van der Waals surface area contributed by atoms with Crippen LogP contribution in [0.3, 0.4) is 0 Å². The van der Waals surface area contributed by atoms with Crippen molar-refractivity contribution in [3.05, 3.63) is 59.8 Å². The molecule has 2 aromatic carbocycles. The number of carbonyl (C=O) groups is 1. The molecule has 0 unspecified atom stereocenters. The Kier molecular flexibility index (Phi) is 6.80. The summed E-state index contributed by atoms with van der Waals surface area (Å²) in [6.07, 6.45) is 1.44. The van der Waals surface area contributed by atoms with E-state index >= 15 is 0 Å². The van der Waals surface area contributed by atoms with Crippen molar-refractivity contribution in [2.75, 3.05) is 41.8 Å². The molecule has 0 saturated carbocycles. The van der Waals surface area contributed by atoms with E-state index in [4.69, 9.17) is 21.6 Å². The minimum Gasteiger partial charge on any atom is -0.378 e. The quantitative estimate of drug-likeness (QED) is 0.581. The number of rotatable bonds is 6. The summed E-state index contributed by atoms with van der Waals surface area (Å²) < 4.78 is 5.40. The average molecular weight is 449 g/mol. The Balaban J connectivity index is 1.46. The molecule has 0 spiro atoms. The monoisotopic (exact) mass is 448 g/mol. The average Bonchev–Trinajstić information content (AvgIpc) is 2.82. The molecule has 2 N–H and O–H groups in total. The van der Waals surface area contributed by atoms with Crippen LogP contribution < -0.4 is 15.5 Å². The van der Waals surface area contributed by atoms with Gasteiger partial charge in [-0.25, -0.2) is 9.97 Å². The molecule has 1 fully saturated rings. The highest BCUT2D eigenvalue weighted by molar-refractivity contribution is 6.34. The molecule has 0 bridgehead atoms. The van der Waals surface area contributed by atoms with Crippen molar-refractivity contribution in [3.8, 4) is 17.3 Å². The van der Waals surface area contributed by atoms with Gasteiger partial charge in [0.2, 0.25) is 11.9 Å². The molecule has 0 aliphatic carbocycles. The van der Waals surface area contributed by atoms with Gasteiger partial charge in [-0.3, -0.25) is 4.79 Å². The van der Waals surface area contributed by atoms with Gasteiger partial charge in [0.1, 0.15) is 6.42 Å². The van der Waals surface area contributed by atoms with Crippen LogP contribution in [0.1, 0.15) is 6.42 Å². The molecule has 8 nitrogen and oxygen atoms in total. The maximum atomic E-state index is 11.6. The fraction of sp³-hybridized carbons (Fsp3) is 0.217. The van der Waals surface area contributed by atoms with E-state index in [9.17, 15) is 4.79 Å². The van der Waals surface area contributed by atoms with Gasteiger partial charge in [0.15, 0.2) is 0 Å². The second kappa shape index (κ2) is 10.1. The zero-order valence-electron chi connectivity index (χ0n) is 17.2. The number of nitrogens with zero attached hydrogens (tertiary/aromatic N) is 4. The summed E-state index contributed by atoms with van der Waals surface area (Å²) in [6.45, 7) is 3.28. The topological polar surface area (TPSA) is 103 Å². The molecule has 32 heavy (non-hydrogen) atoms. The standard InChI is InChI=1S/C23H21ClN6O2/c24-19-15-16(1-6-21(19)28-22(31)7-9-25)20-8-10-26-23(29-20)27-17-2-4-18(5-3-17)30-11-13-32-14-12-30/h1-6,8,10,15H,7,11-14H2,(H,28,31)(H,26,27,29). The van der Waals surface area contributed by atoms with E-state index in [0.717, 1.165) is 43.2 Å². The molecule has 9 heteroatoms. The minimum absolute atomic E-state index is 0.230. The Labute approximate surface area is 190 Å². The first-order chi connectivity index (χ1) is 15.6. The van der Waals surface area contributed by atoms with E-state index in [0.29, 0.717) is 22.4 Å². The summed E-state index contributed by atoms with van der Waals surface area (Å²) in [5.41, 5.74) is 3.95. The van der Waals surface area contributed by atoms with Gasteiger partial charge < -0.3 is 20.3 Å². The van der Waals surface area contributed by atoms with Crippen LogP contribution in [0, 0.1) is 11.3 Å². The van der Waals surface area contributed by atoms with Gasteiger partial charge in [-0.1, -0.05) is 17.7 Å². The first-order valence-corrected chi connectivity index (χ1v) is 10.5. The molecule has 0 atom stereocenters. The number of halogens is 1. The maximum absolute atomic E-state index is 11.6.